The minimum atomic E-state index is 0.118. The fourth-order valence-corrected chi connectivity index (χ4v) is 3.15. The number of hydrogen-bond donors (Lipinski definition) is 1. The van der Waals surface area contributed by atoms with E-state index < -0.39 is 0 Å². The number of nitrogens with zero attached hydrogens (tertiary/aromatic N) is 2. The molecular weight excluding hydrogens is 254 g/mol. The number of benzene rings is 1. The van der Waals surface area contributed by atoms with Gasteiger partial charge in [-0.2, -0.15) is 16.4 Å². The van der Waals surface area contributed by atoms with E-state index in [1.165, 1.54) is 16.5 Å². The Labute approximate surface area is 116 Å². The van der Waals surface area contributed by atoms with E-state index >= 15 is 0 Å². The van der Waals surface area contributed by atoms with Gasteiger partial charge < -0.3 is 5.73 Å². The van der Waals surface area contributed by atoms with Gasteiger partial charge in [-0.1, -0.05) is 18.2 Å². The summed E-state index contributed by atoms with van der Waals surface area (Å²) in [6, 6.07) is 10.6. The smallest absolute Gasteiger partial charge is 0.0718 e. The Morgan fingerprint density at radius 1 is 1.26 bits per heavy atom. The fraction of sp³-hybridized carbons (Fsp3) is 0.267. The molecule has 98 valence electrons. The van der Waals surface area contributed by atoms with E-state index in [0.717, 1.165) is 18.5 Å². The van der Waals surface area contributed by atoms with Crippen molar-refractivity contribution in [2.45, 2.75) is 18.9 Å². The summed E-state index contributed by atoms with van der Waals surface area (Å²) in [5.74, 6) is 0. The van der Waals surface area contributed by atoms with Crippen molar-refractivity contribution < 1.29 is 0 Å². The summed E-state index contributed by atoms with van der Waals surface area (Å²) in [5.41, 5.74) is 9.83. The fourth-order valence-electron chi connectivity index (χ4n) is 2.47. The van der Waals surface area contributed by atoms with E-state index in [1.54, 1.807) is 11.3 Å². The number of nitrogens with two attached hydrogens (primary N) is 1. The average molecular weight is 271 g/mol. The second kappa shape index (κ2) is 5.15. The molecule has 0 amide bonds. The Kier molecular flexibility index (Phi) is 3.36. The molecule has 4 heteroatoms. The third kappa shape index (κ3) is 2.55. The van der Waals surface area contributed by atoms with Crippen LogP contribution in [0, 0.1) is 0 Å². The predicted octanol–water partition coefficient (Wildman–Crippen LogP) is 2.75. The second-order valence-corrected chi connectivity index (χ2v) is 5.67. The lowest BCUT2D eigenvalue weighted by Crippen LogP contribution is -2.25. The number of fused-ring (bicyclic) bond motifs is 1. The summed E-state index contributed by atoms with van der Waals surface area (Å²) < 4.78 is 1.93. The van der Waals surface area contributed by atoms with Crippen LogP contribution in [0.3, 0.4) is 0 Å². The molecule has 0 aliphatic heterocycles. The van der Waals surface area contributed by atoms with Crippen LogP contribution < -0.4 is 5.73 Å². The normalized spacial score (nSPS) is 12.9. The van der Waals surface area contributed by atoms with Gasteiger partial charge in [-0.15, -0.1) is 0 Å². The van der Waals surface area contributed by atoms with Gasteiger partial charge in [0.2, 0.25) is 0 Å². The minimum Gasteiger partial charge on any atom is -0.327 e. The van der Waals surface area contributed by atoms with Crippen LogP contribution in [0.25, 0.3) is 10.9 Å². The maximum absolute atomic E-state index is 6.25. The molecule has 19 heavy (non-hydrogen) atoms. The van der Waals surface area contributed by atoms with Crippen molar-refractivity contribution in [1.29, 1.82) is 0 Å². The van der Waals surface area contributed by atoms with Crippen molar-refractivity contribution in [3.63, 3.8) is 0 Å². The highest BCUT2D eigenvalue weighted by Gasteiger charge is 2.12. The molecule has 0 bridgehead atoms. The first-order valence-corrected chi connectivity index (χ1v) is 7.35. The SMILES string of the molecule is Cn1nc(CC(N)Cc2ccsc2)c2ccccc21. The van der Waals surface area contributed by atoms with Gasteiger partial charge in [-0.05, 0) is 34.9 Å². The van der Waals surface area contributed by atoms with Crippen molar-refractivity contribution in [3.8, 4) is 0 Å². The van der Waals surface area contributed by atoms with Gasteiger partial charge in [0.05, 0.1) is 11.2 Å². The molecular formula is C15H17N3S. The molecule has 1 unspecified atom stereocenters. The number of thiophene rings is 1. The van der Waals surface area contributed by atoms with Gasteiger partial charge >= 0.3 is 0 Å². The van der Waals surface area contributed by atoms with Crippen LogP contribution in [0.5, 0.6) is 0 Å². The van der Waals surface area contributed by atoms with Crippen LogP contribution in [-0.2, 0) is 19.9 Å². The summed E-state index contributed by atoms with van der Waals surface area (Å²) in [6.07, 6.45) is 1.73. The van der Waals surface area contributed by atoms with Crippen molar-refractivity contribution in [1.82, 2.24) is 9.78 Å². The molecule has 1 atom stereocenters. The molecule has 0 aliphatic carbocycles. The van der Waals surface area contributed by atoms with Gasteiger partial charge in [0.15, 0.2) is 0 Å². The quantitative estimate of drug-likeness (QED) is 0.793. The van der Waals surface area contributed by atoms with Gasteiger partial charge in [0, 0.05) is 24.9 Å². The molecule has 2 N–H and O–H groups in total. The Bertz CT molecular complexity index is 670. The zero-order valence-corrected chi connectivity index (χ0v) is 11.7. The van der Waals surface area contributed by atoms with Crippen molar-refractivity contribution in [2.24, 2.45) is 12.8 Å². The number of para-hydroxylation sites is 1. The Balaban J connectivity index is 1.81. The number of aromatic nitrogens is 2. The van der Waals surface area contributed by atoms with Crippen molar-refractivity contribution in [2.75, 3.05) is 0 Å². The van der Waals surface area contributed by atoms with E-state index in [-0.39, 0.29) is 6.04 Å². The third-order valence-corrected chi connectivity index (χ3v) is 4.10. The molecule has 0 fully saturated rings. The maximum Gasteiger partial charge on any atom is 0.0718 e. The zero-order chi connectivity index (χ0) is 13.2. The summed E-state index contributed by atoms with van der Waals surface area (Å²) in [5, 5.41) is 10.1. The highest BCUT2D eigenvalue weighted by molar-refractivity contribution is 7.07. The van der Waals surface area contributed by atoms with Gasteiger partial charge in [-0.3, -0.25) is 4.68 Å². The molecule has 2 aromatic heterocycles. The summed E-state index contributed by atoms with van der Waals surface area (Å²) in [6.45, 7) is 0. The average Bonchev–Trinajstić information content (AvgIpc) is 3.00. The standard InChI is InChI=1S/C15H17N3S/c1-18-15-5-3-2-4-13(15)14(17-18)9-12(16)8-11-6-7-19-10-11/h2-7,10,12H,8-9,16H2,1H3. The van der Waals surface area contributed by atoms with Gasteiger partial charge in [0.25, 0.3) is 0 Å². The number of hydrogen-bond acceptors (Lipinski definition) is 3. The first kappa shape index (κ1) is 12.4. The van der Waals surface area contributed by atoms with Crippen LogP contribution in [-0.4, -0.2) is 15.8 Å². The molecule has 0 saturated carbocycles. The van der Waals surface area contributed by atoms with Gasteiger partial charge in [0.1, 0.15) is 0 Å². The summed E-state index contributed by atoms with van der Waals surface area (Å²) >= 11 is 1.72. The first-order valence-electron chi connectivity index (χ1n) is 6.41. The van der Waals surface area contributed by atoms with E-state index in [2.05, 4.69) is 40.1 Å². The Hall–Kier alpha value is -1.65. The van der Waals surface area contributed by atoms with E-state index in [0.29, 0.717) is 0 Å². The molecule has 0 aliphatic rings. The maximum atomic E-state index is 6.25. The van der Waals surface area contributed by atoms with Crippen LogP contribution in [0.2, 0.25) is 0 Å². The second-order valence-electron chi connectivity index (χ2n) is 4.89. The van der Waals surface area contributed by atoms with Crippen LogP contribution in [0.1, 0.15) is 11.3 Å². The molecule has 3 rings (SSSR count). The van der Waals surface area contributed by atoms with Crippen molar-refractivity contribution in [3.05, 3.63) is 52.3 Å². The molecule has 0 saturated heterocycles. The Morgan fingerprint density at radius 3 is 2.89 bits per heavy atom. The number of aryl methyl sites for hydroxylation is 1. The Morgan fingerprint density at radius 2 is 2.11 bits per heavy atom. The summed E-state index contributed by atoms with van der Waals surface area (Å²) in [7, 11) is 1.98. The predicted molar refractivity (Wildman–Crippen MR) is 80.4 cm³/mol. The molecule has 3 aromatic rings. The van der Waals surface area contributed by atoms with Crippen LogP contribution in [0.15, 0.2) is 41.1 Å². The molecule has 0 radical (unpaired) electrons. The molecule has 2 heterocycles. The topological polar surface area (TPSA) is 43.8 Å². The number of rotatable bonds is 4. The van der Waals surface area contributed by atoms with E-state index in [1.807, 2.05) is 17.8 Å². The van der Waals surface area contributed by atoms with Crippen LogP contribution >= 0.6 is 11.3 Å². The monoisotopic (exact) mass is 271 g/mol. The van der Waals surface area contributed by atoms with Crippen LogP contribution in [0.4, 0.5) is 0 Å². The third-order valence-electron chi connectivity index (χ3n) is 3.37. The largest absolute Gasteiger partial charge is 0.327 e. The lowest BCUT2D eigenvalue weighted by atomic mass is 10.0. The van der Waals surface area contributed by atoms with E-state index in [9.17, 15) is 0 Å². The summed E-state index contributed by atoms with van der Waals surface area (Å²) in [4.78, 5) is 0. The van der Waals surface area contributed by atoms with Gasteiger partial charge in [-0.25, -0.2) is 0 Å². The minimum absolute atomic E-state index is 0.118. The van der Waals surface area contributed by atoms with E-state index in [4.69, 9.17) is 5.73 Å². The first-order chi connectivity index (χ1) is 9.24. The highest BCUT2D eigenvalue weighted by atomic mass is 32.1. The molecule has 3 nitrogen and oxygen atoms in total. The molecule has 0 spiro atoms. The van der Waals surface area contributed by atoms with Crippen molar-refractivity contribution >= 4 is 22.2 Å². The molecule has 1 aromatic carbocycles. The highest BCUT2D eigenvalue weighted by Crippen LogP contribution is 2.19. The lowest BCUT2D eigenvalue weighted by molar-refractivity contribution is 0.643. The zero-order valence-electron chi connectivity index (χ0n) is 10.9. The lowest BCUT2D eigenvalue weighted by Gasteiger charge is -2.08.